The highest BCUT2D eigenvalue weighted by molar-refractivity contribution is 6.39. The fourth-order valence-corrected chi connectivity index (χ4v) is 4.59. The van der Waals surface area contributed by atoms with Gasteiger partial charge in [0.25, 0.3) is 0 Å². The number of nitrogens with zero attached hydrogens (tertiary/aromatic N) is 5. The van der Waals surface area contributed by atoms with Gasteiger partial charge in [-0.15, -0.1) is 0 Å². The zero-order valence-electron chi connectivity index (χ0n) is 17.3. The SMILES string of the molecule is N#Cc1cnc(N2CCC(OCc3c(-c4c(Cl)cccc4Cl)noc3C3CC3)CC2)nc1. The zero-order chi connectivity index (χ0) is 22.1. The van der Waals surface area contributed by atoms with Crippen molar-refractivity contribution in [1.82, 2.24) is 15.1 Å². The van der Waals surface area contributed by atoms with Crippen LogP contribution in [-0.2, 0) is 11.3 Å². The Morgan fingerprint density at radius 3 is 2.41 bits per heavy atom. The average molecular weight is 470 g/mol. The van der Waals surface area contributed by atoms with E-state index in [1.54, 1.807) is 24.5 Å². The van der Waals surface area contributed by atoms with Gasteiger partial charge in [-0.3, -0.25) is 0 Å². The van der Waals surface area contributed by atoms with E-state index < -0.39 is 0 Å². The fraction of sp³-hybridized carbons (Fsp3) is 0.391. The molecule has 0 amide bonds. The Hall–Kier alpha value is -2.66. The molecule has 1 saturated heterocycles. The van der Waals surface area contributed by atoms with Gasteiger partial charge in [0, 0.05) is 30.1 Å². The van der Waals surface area contributed by atoms with Crippen molar-refractivity contribution in [3.8, 4) is 17.3 Å². The lowest BCUT2D eigenvalue weighted by molar-refractivity contribution is 0.0245. The highest BCUT2D eigenvalue weighted by atomic mass is 35.5. The number of ether oxygens (including phenoxy) is 1. The van der Waals surface area contributed by atoms with Crippen LogP contribution >= 0.6 is 23.2 Å². The van der Waals surface area contributed by atoms with Crippen LogP contribution in [0.25, 0.3) is 11.3 Å². The lowest BCUT2D eigenvalue weighted by atomic mass is 10.0. The number of halogens is 2. The van der Waals surface area contributed by atoms with E-state index in [-0.39, 0.29) is 6.10 Å². The fourth-order valence-electron chi connectivity index (χ4n) is 4.01. The number of nitriles is 1. The quantitative estimate of drug-likeness (QED) is 0.478. The minimum absolute atomic E-state index is 0.112. The summed E-state index contributed by atoms with van der Waals surface area (Å²) in [4.78, 5) is 10.7. The lowest BCUT2D eigenvalue weighted by Gasteiger charge is -2.31. The lowest BCUT2D eigenvalue weighted by Crippen LogP contribution is -2.38. The molecule has 2 aliphatic rings. The Balaban J connectivity index is 1.27. The van der Waals surface area contributed by atoms with Crippen LogP contribution in [0.2, 0.25) is 10.0 Å². The molecule has 7 nitrogen and oxygen atoms in total. The Bertz CT molecular complexity index is 1130. The predicted octanol–water partition coefficient (Wildman–Crippen LogP) is 5.37. The van der Waals surface area contributed by atoms with E-state index in [4.69, 9.17) is 37.7 Å². The van der Waals surface area contributed by atoms with Gasteiger partial charge in [0.15, 0.2) is 0 Å². The van der Waals surface area contributed by atoms with Crippen LogP contribution in [-0.4, -0.2) is 34.3 Å². The molecular weight excluding hydrogens is 449 g/mol. The van der Waals surface area contributed by atoms with Crippen molar-refractivity contribution in [1.29, 1.82) is 5.26 Å². The van der Waals surface area contributed by atoms with Crippen LogP contribution in [0, 0.1) is 11.3 Å². The molecule has 0 bridgehead atoms. The van der Waals surface area contributed by atoms with Gasteiger partial charge in [0.2, 0.25) is 5.95 Å². The van der Waals surface area contributed by atoms with Gasteiger partial charge >= 0.3 is 0 Å². The van der Waals surface area contributed by atoms with Gasteiger partial charge in [-0.1, -0.05) is 34.4 Å². The number of anilines is 1. The predicted molar refractivity (Wildman–Crippen MR) is 121 cm³/mol. The smallest absolute Gasteiger partial charge is 0.225 e. The molecule has 1 aliphatic carbocycles. The van der Waals surface area contributed by atoms with Crippen molar-refractivity contribution >= 4 is 29.2 Å². The standard InChI is InChI=1S/C23H21Cl2N5O2/c24-18-2-1-3-19(25)20(18)21-17(22(32-29-21)15-4-5-15)13-31-16-6-8-30(9-7-16)23-27-11-14(10-26)12-28-23/h1-3,11-12,15-16H,4-9,13H2. The summed E-state index contributed by atoms with van der Waals surface area (Å²) in [7, 11) is 0. The Morgan fingerprint density at radius 2 is 1.78 bits per heavy atom. The normalized spacial score (nSPS) is 16.8. The number of piperidine rings is 1. The van der Waals surface area contributed by atoms with Gasteiger partial charge in [0.05, 0.1) is 40.7 Å². The van der Waals surface area contributed by atoms with Gasteiger partial charge < -0.3 is 14.2 Å². The van der Waals surface area contributed by atoms with E-state index in [9.17, 15) is 0 Å². The topological polar surface area (TPSA) is 88.1 Å². The highest BCUT2D eigenvalue weighted by Gasteiger charge is 2.34. The van der Waals surface area contributed by atoms with Crippen LogP contribution in [0.15, 0.2) is 35.1 Å². The molecule has 1 aromatic carbocycles. The summed E-state index contributed by atoms with van der Waals surface area (Å²) < 4.78 is 12.0. The molecule has 1 saturated carbocycles. The summed E-state index contributed by atoms with van der Waals surface area (Å²) in [5, 5.41) is 14.3. The van der Waals surface area contributed by atoms with E-state index in [2.05, 4.69) is 20.0 Å². The molecule has 0 atom stereocenters. The Kier molecular flexibility index (Phi) is 6.01. The van der Waals surface area contributed by atoms with Gasteiger partial charge in [-0.25, -0.2) is 9.97 Å². The third-order valence-electron chi connectivity index (χ3n) is 5.92. The molecule has 0 unspecified atom stereocenters. The van der Waals surface area contributed by atoms with E-state index >= 15 is 0 Å². The van der Waals surface area contributed by atoms with Gasteiger partial charge in [-0.05, 0) is 37.8 Å². The number of benzene rings is 1. The Morgan fingerprint density at radius 1 is 1.09 bits per heavy atom. The first-order valence-corrected chi connectivity index (χ1v) is 11.4. The second-order valence-electron chi connectivity index (χ2n) is 8.13. The van der Waals surface area contributed by atoms with Crippen molar-refractivity contribution < 1.29 is 9.26 Å². The van der Waals surface area contributed by atoms with Crippen LogP contribution < -0.4 is 4.90 Å². The maximum absolute atomic E-state index is 8.91. The van der Waals surface area contributed by atoms with Crippen molar-refractivity contribution in [2.45, 2.75) is 44.3 Å². The molecule has 164 valence electrons. The molecule has 2 aromatic heterocycles. The molecular formula is C23H21Cl2N5O2. The maximum atomic E-state index is 8.91. The van der Waals surface area contributed by atoms with Crippen LogP contribution in [0.5, 0.6) is 0 Å². The van der Waals surface area contributed by atoms with Crippen molar-refractivity contribution in [3.05, 3.63) is 57.5 Å². The first-order valence-electron chi connectivity index (χ1n) is 10.7. The third-order valence-corrected chi connectivity index (χ3v) is 6.55. The molecule has 0 spiro atoms. The van der Waals surface area contributed by atoms with Crippen molar-refractivity contribution in [2.24, 2.45) is 0 Å². The number of aromatic nitrogens is 3. The highest BCUT2D eigenvalue weighted by Crippen LogP contribution is 2.46. The summed E-state index contributed by atoms with van der Waals surface area (Å²) in [5.41, 5.74) is 2.77. The molecule has 32 heavy (non-hydrogen) atoms. The monoisotopic (exact) mass is 469 g/mol. The first-order chi connectivity index (χ1) is 15.6. The van der Waals surface area contributed by atoms with E-state index in [1.807, 2.05) is 12.1 Å². The average Bonchev–Trinajstić information content (AvgIpc) is 3.58. The van der Waals surface area contributed by atoms with Crippen molar-refractivity contribution in [3.63, 3.8) is 0 Å². The molecule has 2 fully saturated rings. The molecule has 0 radical (unpaired) electrons. The first kappa shape index (κ1) is 21.2. The third kappa shape index (κ3) is 4.31. The van der Waals surface area contributed by atoms with E-state index in [0.717, 1.165) is 50.1 Å². The molecule has 3 aromatic rings. The summed E-state index contributed by atoms with van der Waals surface area (Å²) in [6, 6.07) is 7.47. The van der Waals surface area contributed by atoms with E-state index in [1.165, 1.54) is 0 Å². The summed E-state index contributed by atoms with van der Waals surface area (Å²) in [6.07, 6.45) is 7.13. The number of rotatable bonds is 6. The molecule has 9 heteroatoms. The zero-order valence-corrected chi connectivity index (χ0v) is 18.8. The van der Waals surface area contributed by atoms with Crippen molar-refractivity contribution in [2.75, 3.05) is 18.0 Å². The summed E-state index contributed by atoms with van der Waals surface area (Å²) in [6.45, 7) is 1.99. The van der Waals surface area contributed by atoms with Crippen LogP contribution in [0.1, 0.15) is 48.5 Å². The molecule has 0 N–H and O–H groups in total. The molecule has 5 rings (SSSR count). The Labute approximate surface area is 195 Å². The second kappa shape index (κ2) is 9.07. The largest absolute Gasteiger partial charge is 0.373 e. The summed E-state index contributed by atoms with van der Waals surface area (Å²) >= 11 is 12.9. The van der Waals surface area contributed by atoms with Gasteiger partial charge in [0.1, 0.15) is 17.5 Å². The maximum Gasteiger partial charge on any atom is 0.225 e. The number of hydrogen-bond donors (Lipinski definition) is 0. The minimum Gasteiger partial charge on any atom is -0.373 e. The van der Waals surface area contributed by atoms with E-state index in [0.29, 0.717) is 45.3 Å². The minimum atomic E-state index is 0.112. The molecule has 3 heterocycles. The summed E-state index contributed by atoms with van der Waals surface area (Å²) in [5.74, 6) is 1.93. The van der Waals surface area contributed by atoms with Gasteiger partial charge in [-0.2, -0.15) is 5.26 Å². The van der Waals surface area contributed by atoms with Crippen LogP contribution in [0.3, 0.4) is 0 Å². The van der Waals surface area contributed by atoms with Crippen LogP contribution in [0.4, 0.5) is 5.95 Å². The molecule has 1 aliphatic heterocycles. The number of hydrogen-bond acceptors (Lipinski definition) is 7. The second-order valence-corrected chi connectivity index (χ2v) is 8.94.